The van der Waals surface area contributed by atoms with Crippen LogP contribution < -0.4 is 11.1 Å². The highest BCUT2D eigenvalue weighted by molar-refractivity contribution is 7.97. The number of amides is 1. The van der Waals surface area contributed by atoms with E-state index in [0.29, 0.717) is 18.7 Å². The zero-order valence-electron chi connectivity index (χ0n) is 19.0. The molecule has 31 heavy (non-hydrogen) atoms. The molecular weight excluding hydrogens is 410 g/mol. The number of nitrogens with zero attached hydrogens (tertiary/aromatic N) is 1. The van der Waals surface area contributed by atoms with Crippen molar-refractivity contribution in [2.24, 2.45) is 0 Å². The number of rotatable bonds is 9. The first-order valence-electron chi connectivity index (χ1n) is 10.5. The quantitative estimate of drug-likeness (QED) is 0.390. The number of carbonyl (C=O) groups excluding carboxylic acids is 1. The molecule has 0 saturated heterocycles. The molecule has 0 aromatic heterocycles. The van der Waals surface area contributed by atoms with Gasteiger partial charge in [-0.3, -0.25) is 0 Å². The third-order valence-electron chi connectivity index (χ3n) is 4.51. The number of aliphatic hydroxyl groups excluding tert-OH is 1. The topological polar surface area (TPSA) is 87.8 Å². The maximum atomic E-state index is 12.4. The molecule has 0 saturated carbocycles. The zero-order chi connectivity index (χ0) is 23.0. The number of alkyl carbamates (subject to hydrolysis) is 1. The van der Waals surface area contributed by atoms with Gasteiger partial charge in [-0.1, -0.05) is 30.3 Å². The van der Waals surface area contributed by atoms with E-state index in [-0.39, 0.29) is 6.04 Å². The lowest BCUT2D eigenvalue weighted by molar-refractivity contribution is 0.0399. The Hall–Kier alpha value is -2.22. The molecule has 0 radical (unpaired) electrons. The van der Waals surface area contributed by atoms with Crippen LogP contribution in [0.15, 0.2) is 59.5 Å². The summed E-state index contributed by atoms with van der Waals surface area (Å²) < 4.78 is 7.53. The van der Waals surface area contributed by atoms with Crippen LogP contribution in [-0.4, -0.2) is 45.8 Å². The lowest BCUT2D eigenvalue weighted by Gasteiger charge is -2.32. The zero-order valence-corrected chi connectivity index (χ0v) is 19.9. The summed E-state index contributed by atoms with van der Waals surface area (Å²) in [5, 5.41) is 14.0. The number of nitrogens with one attached hydrogen (secondary N) is 1. The van der Waals surface area contributed by atoms with E-state index in [1.165, 1.54) is 0 Å². The van der Waals surface area contributed by atoms with Crippen molar-refractivity contribution in [1.29, 1.82) is 0 Å². The number of anilines is 1. The summed E-state index contributed by atoms with van der Waals surface area (Å²) in [5.41, 5.74) is 6.92. The summed E-state index contributed by atoms with van der Waals surface area (Å²) in [6, 6.07) is 17.1. The largest absolute Gasteiger partial charge is 0.444 e. The Morgan fingerprint density at radius 2 is 1.74 bits per heavy atom. The maximum absolute atomic E-state index is 12.4. The van der Waals surface area contributed by atoms with Crippen LogP contribution in [-0.2, 0) is 11.2 Å². The van der Waals surface area contributed by atoms with Crippen LogP contribution in [0, 0.1) is 0 Å². The number of benzene rings is 2. The third-order valence-corrected chi connectivity index (χ3v) is 5.80. The second-order valence-electron chi connectivity index (χ2n) is 8.86. The molecule has 1 amide bonds. The Labute approximate surface area is 190 Å². The standard InChI is InChI=1S/C24H35N3O3S/c1-17(2)27(31-20-13-11-19(25)12-14-20)16-22(28)21(15-18-9-7-6-8-10-18)26-23(29)30-24(3,4)5/h6-14,17,21-22,28H,15-16,25H2,1-5H3,(H,26,29)/t21-,22+/m0/s1. The van der Waals surface area contributed by atoms with Gasteiger partial charge in [-0.15, -0.1) is 0 Å². The number of nitrogens with two attached hydrogens (primary N) is 1. The minimum atomic E-state index is -0.795. The number of ether oxygens (including phenoxy) is 1. The fourth-order valence-electron chi connectivity index (χ4n) is 2.94. The number of hydrogen-bond acceptors (Lipinski definition) is 6. The van der Waals surface area contributed by atoms with Gasteiger partial charge in [0.2, 0.25) is 0 Å². The fraction of sp³-hybridized carbons (Fsp3) is 0.458. The predicted molar refractivity (Wildman–Crippen MR) is 128 cm³/mol. The fourth-order valence-corrected chi connectivity index (χ4v) is 3.91. The summed E-state index contributed by atoms with van der Waals surface area (Å²) in [6.07, 6.45) is -0.828. The van der Waals surface area contributed by atoms with Gasteiger partial charge in [-0.2, -0.15) is 0 Å². The SMILES string of the molecule is CC(C)N(C[C@@H](O)[C@H](Cc1ccccc1)NC(=O)OC(C)(C)C)Sc1ccc(N)cc1. The van der Waals surface area contributed by atoms with E-state index in [0.717, 1.165) is 10.5 Å². The van der Waals surface area contributed by atoms with Crippen LogP contribution in [0.2, 0.25) is 0 Å². The molecule has 0 fully saturated rings. The molecule has 0 bridgehead atoms. The highest BCUT2D eigenvalue weighted by atomic mass is 32.2. The van der Waals surface area contributed by atoms with Crippen LogP contribution in [0.3, 0.4) is 0 Å². The second kappa shape index (κ2) is 11.4. The number of hydrogen-bond donors (Lipinski definition) is 3. The van der Waals surface area contributed by atoms with Crippen molar-refractivity contribution in [2.45, 2.75) is 69.7 Å². The van der Waals surface area contributed by atoms with E-state index in [2.05, 4.69) is 23.5 Å². The monoisotopic (exact) mass is 445 g/mol. The highest BCUT2D eigenvalue weighted by Gasteiger charge is 2.27. The molecule has 0 heterocycles. The molecule has 2 aromatic carbocycles. The van der Waals surface area contributed by atoms with Crippen LogP contribution in [0.4, 0.5) is 10.5 Å². The van der Waals surface area contributed by atoms with Gasteiger partial charge in [0, 0.05) is 23.2 Å². The van der Waals surface area contributed by atoms with Gasteiger partial charge in [-0.25, -0.2) is 9.10 Å². The first-order chi connectivity index (χ1) is 14.5. The first-order valence-corrected chi connectivity index (χ1v) is 11.3. The minimum absolute atomic E-state index is 0.177. The Morgan fingerprint density at radius 3 is 2.29 bits per heavy atom. The Morgan fingerprint density at radius 1 is 1.13 bits per heavy atom. The molecule has 2 rings (SSSR count). The predicted octanol–water partition coefficient (Wildman–Crippen LogP) is 4.48. The van der Waals surface area contributed by atoms with Crippen molar-refractivity contribution in [2.75, 3.05) is 12.3 Å². The third kappa shape index (κ3) is 9.21. The molecule has 0 aliphatic carbocycles. The Balaban J connectivity index is 2.13. The molecule has 0 aliphatic rings. The summed E-state index contributed by atoms with van der Waals surface area (Å²) in [4.78, 5) is 13.5. The summed E-state index contributed by atoms with van der Waals surface area (Å²) >= 11 is 1.56. The Kier molecular flexibility index (Phi) is 9.22. The van der Waals surface area contributed by atoms with Crippen LogP contribution >= 0.6 is 11.9 Å². The molecule has 0 aliphatic heterocycles. The van der Waals surface area contributed by atoms with E-state index in [1.54, 1.807) is 11.9 Å². The van der Waals surface area contributed by atoms with Gasteiger partial charge in [-0.05, 0) is 82.8 Å². The highest BCUT2D eigenvalue weighted by Crippen LogP contribution is 2.26. The van der Waals surface area contributed by atoms with Crippen molar-refractivity contribution in [3.05, 3.63) is 60.2 Å². The normalized spacial score (nSPS) is 13.8. The summed E-state index contributed by atoms with van der Waals surface area (Å²) in [5.74, 6) is 0. The summed E-state index contributed by atoms with van der Waals surface area (Å²) in [7, 11) is 0. The average Bonchev–Trinajstić information content (AvgIpc) is 2.67. The van der Waals surface area contributed by atoms with Crippen molar-refractivity contribution in [3.8, 4) is 0 Å². The lowest BCUT2D eigenvalue weighted by Crippen LogP contribution is -2.50. The van der Waals surface area contributed by atoms with Crippen molar-refractivity contribution in [3.63, 3.8) is 0 Å². The van der Waals surface area contributed by atoms with Gasteiger partial charge < -0.3 is 20.9 Å². The van der Waals surface area contributed by atoms with E-state index >= 15 is 0 Å². The molecule has 0 spiro atoms. The first kappa shape index (κ1) is 25.0. The van der Waals surface area contributed by atoms with E-state index in [9.17, 15) is 9.90 Å². The van der Waals surface area contributed by atoms with Gasteiger partial charge in [0.25, 0.3) is 0 Å². The molecule has 7 heteroatoms. The minimum Gasteiger partial charge on any atom is -0.444 e. The molecular formula is C24H35N3O3S. The van der Waals surface area contributed by atoms with Crippen LogP contribution in [0.1, 0.15) is 40.2 Å². The van der Waals surface area contributed by atoms with Gasteiger partial charge in [0.1, 0.15) is 5.60 Å². The second-order valence-corrected chi connectivity index (χ2v) is 9.99. The summed E-state index contributed by atoms with van der Waals surface area (Å²) in [6.45, 7) is 9.98. The smallest absolute Gasteiger partial charge is 0.407 e. The number of carbonyl (C=O) groups is 1. The van der Waals surface area contributed by atoms with Crippen molar-refractivity contribution < 1.29 is 14.6 Å². The molecule has 2 aromatic rings. The van der Waals surface area contributed by atoms with E-state index in [1.807, 2.05) is 75.4 Å². The molecule has 2 atom stereocenters. The molecule has 0 unspecified atom stereocenters. The molecule has 170 valence electrons. The van der Waals surface area contributed by atoms with E-state index < -0.39 is 23.8 Å². The van der Waals surface area contributed by atoms with Crippen molar-refractivity contribution >= 4 is 23.7 Å². The number of nitrogen functional groups attached to an aromatic ring is 1. The molecule has 6 nitrogen and oxygen atoms in total. The van der Waals surface area contributed by atoms with E-state index in [4.69, 9.17) is 10.5 Å². The maximum Gasteiger partial charge on any atom is 0.407 e. The van der Waals surface area contributed by atoms with Gasteiger partial charge in [0.15, 0.2) is 0 Å². The molecule has 4 N–H and O–H groups in total. The lowest BCUT2D eigenvalue weighted by atomic mass is 10.0. The van der Waals surface area contributed by atoms with Gasteiger partial charge >= 0.3 is 6.09 Å². The average molecular weight is 446 g/mol. The Bertz CT molecular complexity index is 807. The van der Waals surface area contributed by atoms with Crippen molar-refractivity contribution in [1.82, 2.24) is 9.62 Å². The van der Waals surface area contributed by atoms with Gasteiger partial charge in [0.05, 0.1) is 12.1 Å². The van der Waals surface area contributed by atoms with Crippen LogP contribution in [0.25, 0.3) is 0 Å². The number of aliphatic hydroxyl groups is 1. The van der Waals surface area contributed by atoms with Crippen LogP contribution in [0.5, 0.6) is 0 Å².